The number of aromatic nitrogens is 1. The van der Waals surface area contributed by atoms with Gasteiger partial charge in [0, 0.05) is 13.1 Å². The molecule has 0 aliphatic carbocycles. The zero-order chi connectivity index (χ0) is 21.1. The summed E-state index contributed by atoms with van der Waals surface area (Å²) in [6.07, 6.45) is 6.50. The van der Waals surface area contributed by atoms with Crippen LogP contribution in [0, 0.1) is 6.92 Å². The quantitative estimate of drug-likeness (QED) is 0.769. The molecular weight excluding hydrogens is 394 g/mol. The third kappa shape index (κ3) is 3.90. The molecule has 0 spiro atoms. The van der Waals surface area contributed by atoms with Gasteiger partial charge in [-0.2, -0.15) is 0 Å². The summed E-state index contributed by atoms with van der Waals surface area (Å²) in [4.78, 5) is 42.5. The lowest BCUT2D eigenvalue weighted by Crippen LogP contribution is -2.27. The van der Waals surface area contributed by atoms with Gasteiger partial charge in [0.2, 0.25) is 5.91 Å². The van der Waals surface area contributed by atoms with E-state index in [4.69, 9.17) is 9.47 Å². The average Bonchev–Trinajstić information content (AvgIpc) is 2.95. The molecule has 1 N–H and O–H groups in total. The van der Waals surface area contributed by atoms with Gasteiger partial charge >= 0.3 is 11.9 Å². The summed E-state index contributed by atoms with van der Waals surface area (Å²) in [7, 11) is 2.49. The molecule has 0 atom stereocenters. The van der Waals surface area contributed by atoms with E-state index in [-0.39, 0.29) is 17.2 Å². The predicted molar refractivity (Wildman–Crippen MR) is 110 cm³/mol. The SMILES string of the molecule is COC(=O)C1=C(C(=O)OC)N(c2c(C)ccc3nc(NC(C)=O)sc23)C=CC=C1. The second-order valence-electron chi connectivity index (χ2n) is 6.10. The van der Waals surface area contributed by atoms with Crippen LogP contribution in [0.4, 0.5) is 10.8 Å². The molecular formula is C20H19N3O5S. The lowest BCUT2D eigenvalue weighted by Gasteiger charge is -2.25. The number of carbonyl (C=O) groups excluding carboxylic acids is 3. The first-order valence-electron chi connectivity index (χ1n) is 8.60. The number of amides is 1. The Labute approximate surface area is 171 Å². The van der Waals surface area contributed by atoms with E-state index in [9.17, 15) is 14.4 Å². The molecule has 3 rings (SSSR count). The number of hydrogen-bond donors (Lipinski definition) is 1. The number of fused-ring (bicyclic) bond motifs is 1. The molecule has 0 saturated heterocycles. The number of hydrogen-bond acceptors (Lipinski definition) is 8. The minimum Gasteiger partial charge on any atom is -0.465 e. The molecule has 9 heteroatoms. The second kappa shape index (κ2) is 8.27. The van der Waals surface area contributed by atoms with Crippen LogP contribution in [0.2, 0.25) is 0 Å². The number of nitrogens with zero attached hydrogens (tertiary/aromatic N) is 2. The van der Waals surface area contributed by atoms with Crippen molar-refractivity contribution in [3.63, 3.8) is 0 Å². The van der Waals surface area contributed by atoms with Crippen LogP contribution in [-0.2, 0) is 23.9 Å². The highest BCUT2D eigenvalue weighted by Gasteiger charge is 2.29. The van der Waals surface area contributed by atoms with Crippen molar-refractivity contribution in [3.05, 3.63) is 53.4 Å². The second-order valence-corrected chi connectivity index (χ2v) is 7.09. The summed E-state index contributed by atoms with van der Waals surface area (Å²) < 4.78 is 10.5. The molecule has 150 valence electrons. The fraction of sp³-hybridized carbons (Fsp3) is 0.200. The Hall–Kier alpha value is -3.46. The minimum absolute atomic E-state index is 0.0226. The lowest BCUT2D eigenvalue weighted by molar-refractivity contribution is -0.139. The number of esters is 2. The zero-order valence-electron chi connectivity index (χ0n) is 16.3. The molecule has 0 unspecified atom stereocenters. The molecule has 1 aliphatic heterocycles. The Kier molecular flexibility index (Phi) is 5.79. The van der Waals surface area contributed by atoms with E-state index in [0.717, 1.165) is 10.3 Å². The summed E-state index contributed by atoms with van der Waals surface area (Å²) >= 11 is 1.27. The molecule has 0 saturated carbocycles. The van der Waals surface area contributed by atoms with Crippen LogP contribution in [0.15, 0.2) is 47.8 Å². The number of ether oxygens (including phenoxy) is 2. The van der Waals surface area contributed by atoms with E-state index in [1.807, 2.05) is 19.1 Å². The zero-order valence-corrected chi connectivity index (χ0v) is 17.1. The number of anilines is 2. The Morgan fingerprint density at radius 1 is 1.10 bits per heavy atom. The predicted octanol–water partition coefficient (Wildman–Crippen LogP) is 3.05. The van der Waals surface area contributed by atoms with Gasteiger partial charge < -0.3 is 19.7 Å². The summed E-state index contributed by atoms with van der Waals surface area (Å²) in [5.41, 5.74) is 2.22. The van der Waals surface area contributed by atoms with Gasteiger partial charge in [0.15, 0.2) is 5.13 Å². The maximum atomic E-state index is 12.7. The topological polar surface area (TPSA) is 97.8 Å². The highest BCUT2D eigenvalue weighted by atomic mass is 32.1. The number of nitrogens with one attached hydrogen (secondary N) is 1. The highest BCUT2D eigenvalue weighted by Crippen LogP contribution is 2.39. The number of rotatable bonds is 4. The Morgan fingerprint density at radius 3 is 2.48 bits per heavy atom. The van der Waals surface area contributed by atoms with Crippen LogP contribution < -0.4 is 10.2 Å². The van der Waals surface area contributed by atoms with E-state index < -0.39 is 11.9 Å². The third-order valence-corrected chi connectivity index (χ3v) is 5.14. The van der Waals surface area contributed by atoms with Crippen molar-refractivity contribution in [1.82, 2.24) is 4.98 Å². The van der Waals surface area contributed by atoms with Crippen LogP contribution in [0.1, 0.15) is 12.5 Å². The molecule has 2 heterocycles. The van der Waals surface area contributed by atoms with Crippen molar-refractivity contribution in [1.29, 1.82) is 0 Å². The van der Waals surface area contributed by atoms with Gasteiger partial charge in [0.1, 0.15) is 5.70 Å². The third-order valence-electron chi connectivity index (χ3n) is 4.15. The maximum absolute atomic E-state index is 12.7. The number of benzene rings is 1. The van der Waals surface area contributed by atoms with E-state index in [0.29, 0.717) is 16.3 Å². The van der Waals surface area contributed by atoms with Crippen molar-refractivity contribution in [2.45, 2.75) is 13.8 Å². The van der Waals surface area contributed by atoms with Crippen LogP contribution >= 0.6 is 11.3 Å². The largest absolute Gasteiger partial charge is 0.465 e. The Morgan fingerprint density at radius 2 is 1.83 bits per heavy atom. The molecule has 29 heavy (non-hydrogen) atoms. The minimum atomic E-state index is -0.690. The first-order chi connectivity index (χ1) is 13.9. The molecule has 1 aromatic carbocycles. The monoisotopic (exact) mass is 413 g/mol. The van der Waals surface area contributed by atoms with Gasteiger partial charge in [-0.25, -0.2) is 14.6 Å². The lowest BCUT2D eigenvalue weighted by atomic mass is 10.1. The van der Waals surface area contributed by atoms with Crippen LogP contribution in [-0.4, -0.2) is 37.0 Å². The van der Waals surface area contributed by atoms with Crippen LogP contribution in [0.25, 0.3) is 10.2 Å². The summed E-state index contributed by atoms with van der Waals surface area (Å²) in [6.45, 7) is 3.29. The van der Waals surface area contributed by atoms with Gasteiger partial charge in [-0.1, -0.05) is 23.5 Å². The standard InChI is InChI=1S/C20H19N3O5S/c1-11-8-9-14-17(29-20(22-14)21-12(2)24)15(11)23-10-6-5-7-13(18(25)27-3)16(23)19(26)28-4/h5-10H,1-4H3,(H,21,22,24). The summed E-state index contributed by atoms with van der Waals surface area (Å²) in [5.74, 6) is -1.59. The molecule has 0 radical (unpaired) electrons. The Balaban J connectivity index is 2.29. The fourth-order valence-corrected chi connectivity index (χ4v) is 4.02. The molecule has 1 aromatic heterocycles. The van der Waals surface area contributed by atoms with Crippen molar-refractivity contribution in [2.24, 2.45) is 0 Å². The first-order valence-corrected chi connectivity index (χ1v) is 9.41. The van der Waals surface area contributed by atoms with Gasteiger partial charge in [0.05, 0.1) is 35.7 Å². The number of carbonyl (C=O) groups is 3. The smallest absolute Gasteiger partial charge is 0.355 e. The van der Waals surface area contributed by atoms with Gasteiger partial charge in [-0.3, -0.25) is 4.79 Å². The van der Waals surface area contributed by atoms with Gasteiger partial charge in [0.25, 0.3) is 0 Å². The van der Waals surface area contributed by atoms with Gasteiger partial charge in [-0.15, -0.1) is 0 Å². The van der Waals surface area contributed by atoms with Crippen molar-refractivity contribution in [3.8, 4) is 0 Å². The molecule has 1 aliphatic rings. The molecule has 0 fully saturated rings. The van der Waals surface area contributed by atoms with Crippen LogP contribution in [0.3, 0.4) is 0 Å². The number of allylic oxidation sites excluding steroid dienone is 2. The van der Waals surface area contributed by atoms with E-state index in [2.05, 4.69) is 10.3 Å². The summed E-state index contributed by atoms with van der Waals surface area (Å²) in [5, 5.41) is 3.12. The van der Waals surface area contributed by atoms with E-state index in [1.54, 1.807) is 23.3 Å². The van der Waals surface area contributed by atoms with Crippen molar-refractivity contribution in [2.75, 3.05) is 24.4 Å². The molecule has 2 aromatic rings. The molecule has 8 nitrogen and oxygen atoms in total. The van der Waals surface area contributed by atoms with E-state index in [1.165, 1.54) is 38.6 Å². The normalized spacial score (nSPS) is 13.4. The Bertz CT molecular complexity index is 1100. The summed E-state index contributed by atoms with van der Waals surface area (Å²) in [6, 6.07) is 3.69. The number of thiazole rings is 1. The number of aryl methyl sites for hydroxylation is 1. The molecule has 1 amide bonds. The van der Waals surface area contributed by atoms with E-state index >= 15 is 0 Å². The maximum Gasteiger partial charge on any atom is 0.355 e. The first kappa shape index (κ1) is 20.3. The van der Waals surface area contributed by atoms with Gasteiger partial charge in [-0.05, 0) is 30.7 Å². The fourth-order valence-electron chi connectivity index (χ4n) is 2.92. The van der Waals surface area contributed by atoms with Crippen molar-refractivity contribution < 1.29 is 23.9 Å². The van der Waals surface area contributed by atoms with Crippen LogP contribution in [0.5, 0.6) is 0 Å². The number of methoxy groups -OCH3 is 2. The van der Waals surface area contributed by atoms with Crippen molar-refractivity contribution >= 4 is 50.2 Å². The highest BCUT2D eigenvalue weighted by molar-refractivity contribution is 7.23. The molecule has 0 bridgehead atoms. The average molecular weight is 413 g/mol.